The summed E-state index contributed by atoms with van der Waals surface area (Å²) in [5, 5.41) is 22.8. The van der Waals surface area contributed by atoms with Crippen LogP contribution in [0.2, 0.25) is 0 Å². The number of hydrogen-bond donors (Lipinski definition) is 3. The molecule has 4 heteroatoms. The van der Waals surface area contributed by atoms with Gasteiger partial charge in [0.2, 0.25) is 5.91 Å². The first-order valence-corrected chi connectivity index (χ1v) is 18.4. The minimum atomic E-state index is -0.831. The van der Waals surface area contributed by atoms with Gasteiger partial charge in [-0.15, -0.1) is 0 Å². The van der Waals surface area contributed by atoms with Gasteiger partial charge in [-0.25, -0.2) is 0 Å². The van der Waals surface area contributed by atoms with Gasteiger partial charge in [0.1, 0.15) is 0 Å². The zero-order valence-corrected chi connectivity index (χ0v) is 27.8. The number of nitrogens with one attached hydrogen (secondary N) is 1. The highest BCUT2D eigenvalue weighted by atomic mass is 16.3. The molecule has 0 rings (SSSR count). The van der Waals surface area contributed by atoms with Crippen LogP contribution in [0.25, 0.3) is 0 Å². The number of aliphatic hydroxyl groups is 2. The summed E-state index contributed by atoms with van der Waals surface area (Å²) in [5.41, 5.74) is 0. The summed E-state index contributed by atoms with van der Waals surface area (Å²) in [5.74, 6) is -0.0667. The van der Waals surface area contributed by atoms with Crippen molar-refractivity contribution >= 4 is 5.91 Å². The molecule has 3 N–H and O–H groups in total. The van der Waals surface area contributed by atoms with Crippen molar-refractivity contribution in [3.8, 4) is 0 Å². The fourth-order valence-corrected chi connectivity index (χ4v) is 5.65. The normalized spacial score (nSPS) is 13.2. The van der Waals surface area contributed by atoms with Gasteiger partial charge in [-0.1, -0.05) is 187 Å². The first kappa shape index (κ1) is 40.1. The molecule has 0 bridgehead atoms. The van der Waals surface area contributed by atoms with E-state index >= 15 is 0 Å². The van der Waals surface area contributed by atoms with Crippen molar-refractivity contribution in [3.63, 3.8) is 0 Å². The van der Waals surface area contributed by atoms with Crippen LogP contribution >= 0.6 is 0 Å². The first-order chi connectivity index (χ1) is 20.2. The van der Waals surface area contributed by atoms with Gasteiger partial charge in [-0.05, 0) is 19.3 Å². The van der Waals surface area contributed by atoms with Gasteiger partial charge in [-0.3, -0.25) is 4.79 Å². The number of unbranched alkanes of at least 4 members (excludes halogenated alkanes) is 26. The molecule has 0 radical (unpaired) electrons. The summed E-state index contributed by atoms with van der Waals surface area (Å²) < 4.78 is 0. The molecule has 2 atom stereocenters. The Morgan fingerprint density at radius 3 is 1.27 bits per heavy atom. The monoisotopic (exact) mass is 580 g/mol. The number of allylic oxidation sites excluding steroid dienone is 1. The van der Waals surface area contributed by atoms with Crippen molar-refractivity contribution in [2.45, 2.75) is 212 Å². The Balaban J connectivity index is 3.54. The van der Waals surface area contributed by atoms with Crippen molar-refractivity contribution in [2.24, 2.45) is 0 Å². The van der Waals surface area contributed by atoms with Crippen LogP contribution < -0.4 is 5.32 Å². The van der Waals surface area contributed by atoms with Crippen LogP contribution in [0, 0.1) is 0 Å². The molecule has 0 fully saturated rings. The summed E-state index contributed by atoms with van der Waals surface area (Å²) in [7, 11) is 0. The van der Waals surface area contributed by atoms with Crippen molar-refractivity contribution in [1.29, 1.82) is 0 Å². The summed E-state index contributed by atoms with van der Waals surface area (Å²) >= 11 is 0. The molecule has 0 aromatic carbocycles. The molecule has 0 aromatic heterocycles. The van der Waals surface area contributed by atoms with Gasteiger partial charge >= 0.3 is 0 Å². The maximum absolute atomic E-state index is 12.2. The molecule has 244 valence electrons. The van der Waals surface area contributed by atoms with Crippen LogP contribution in [0.15, 0.2) is 12.2 Å². The Bertz CT molecular complexity index is 550. The standard InChI is InChI=1S/C37H73NO3/c1-3-5-7-9-11-13-14-15-16-17-18-19-20-21-22-23-25-26-28-30-32-36(40)35(34-39)38-37(41)33-31-29-27-24-12-10-8-6-4-2/h30,32,35-36,39-40H,3-29,31,33-34H2,1-2H3,(H,38,41)/b32-30+. The number of amides is 1. The minimum absolute atomic E-state index is 0.0667. The molecule has 1 amide bonds. The predicted molar refractivity (Wildman–Crippen MR) is 179 cm³/mol. The Morgan fingerprint density at radius 2 is 0.902 bits per heavy atom. The molecule has 0 aromatic rings. The molecule has 2 unspecified atom stereocenters. The van der Waals surface area contributed by atoms with Crippen LogP contribution in [-0.4, -0.2) is 34.9 Å². The Hall–Kier alpha value is -0.870. The van der Waals surface area contributed by atoms with E-state index in [0.717, 1.165) is 25.7 Å². The highest BCUT2D eigenvalue weighted by Gasteiger charge is 2.17. The zero-order valence-electron chi connectivity index (χ0n) is 27.8. The summed E-state index contributed by atoms with van der Waals surface area (Å²) in [4.78, 5) is 12.2. The molecule has 0 aliphatic heterocycles. The van der Waals surface area contributed by atoms with E-state index in [1.807, 2.05) is 6.08 Å². The number of carbonyl (C=O) groups excluding carboxylic acids is 1. The molecule has 0 saturated carbocycles. The van der Waals surface area contributed by atoms with E-state index in [1.54, 1.807) is 6.08 Å². The molecule has 0 heterocycles. The molecule has 0 aliphatic rings. The van der Waals surface area contributed by atoms with E-state index < -0.39 is 12.1 Å². The van der Waals surface area contributed by atoms with Gasteiger partial charge in [0, 0.05) is 6.42 Å². The lowest BCUT2D eigenvalue weighted by Gasteiger charge is -2.20. The molecular formula is C37H73NO3. The third kappa shape index (κ3) is 30.4. The smallest absolute Gasteiger partial charge is 0.220 e. The minimum Gasteiger partial charge on any atom is -0.394 e. The quantitative estimate of drug-likeness (QED) is 0.0535. The Morgan fingerprint density at radius 1 is 0.561 bits per heavy atom. The van der Waals surface area contributed by atoms with Gasteiger partial charge in [0.05, 0.1) is 18.8 Å². The van der Waals surface area contributed by atoms with Gasteiger partial charge in [0.25, 0.3) is 0 Å². The van der Waals surface area contributed by atoms with Gasteiger partial charge in [0.15, 0.2) is 0 Å². The average Bonchev–Trinajstić information content (AvgIpc) is 2.97. The van der Waals surface area contributed by atoms with Crippen LogP contribution in [0.3, 0.4) is 0 Å². The van der Waals surface area contributed by atoms with E-state index in [9.17, 15) is 15.0 Å². The van der Waals surface area contributed by atoms with Crippen LogP contribution in [0.5, 0.6) is 0 Å². The number of rotatable bonds is 33. The molecule has 4 nitrogen and oxygen atoms in total. The van der Waals surface area contributed by atoms with Crippen LogP contribution in [0.1, 0.15) is 200 Å². The summed E-state index contributed by atoms with van der Waals surface area (Å²) in [6.07, 6.45) is 40.2. The number of aliphatic hydroxyl groups excluding tert-OH is 2. The molecular weight excluding hydrogens is 506 g/mol. The average molecular weight is 580 g/mol. The molecule has 0 aliphatic carbocycles. The third-order valence-electron chi connectivity index (χ3n) is 8.52. The highest BCUT2D eigenvalue weighted by Crippen LogP contribution is 2.15. The van der Waals surface area contributed by atoms with E-state index in [2.05, 4.69) is 19.2 Å². The second-order valence-corrected chi connectivity index (χ2v) is 12.7. The Kier molecular flexibility index (Phi) is 32.9. The SMILES string of the molecule is CCCCCCCCCCCCCCCCCCCC/C=C/C(O)C(CO)NC(=O)CCCCCCCCCCC. The molecule has 0 saturated heterocycles. The van der Waals surface area contributed by atoms with Crippen molar-refractivity contribution in [2.75, 3.05) is 6.61 Å². The van der Waals surface area contributed by atoms with E-state index in [4.69, 9.17) is 0 Å². The maximum Gasteiger partial charge on any atom is 0.220 e. The second-order valence-electron chi connectivity index (χ2n) is 12.7. The third-order valence-corrected chi connectivity index (χ3v) is 8.52. The summed E-state index contributed by atoms with van der Waals surface area (Å²) in [6.45, 7) is 4.29. The highest BCUT2D eigenvalue weighted by molar-refractivity contribution is 5.76. The fraction of sp³-hybridized carbons (Fsp3) is 0.919. The van der Waals surface area contributed by atoms with Crippen molar-refractivity contribution in [1.82, 2.24) is 5.32 Å². The molecule has 41 heavy (non-hydrogen) atoms. The van der Waals surface area contributed by atoms with Gasteiger partial charge < -0.3 is 15.5 Å². The second kappa shape index (κ2) is 33.6. The van der Waals surface area contributed by atoms with E-state index in [-0.39, 0.29) is 12.5 Å². The lowest BCUT2D eigenvalue weighted by atomic mass is 10.0. The van der Waals surface area contributed by atoms with Crippen molar-refractivity contribution in [3.05, 3.63) is 12.2 Å². The number of carbonyl (C=O) groups is 1. The van der Waals surface area contributed by atoms with E-state index in [0.29, 0.717) is 6.42 Å². The maximum atomic E-state index is 12.2. The lowest BCUT2D eigenvalue weighted by Crippen LogP contribution is -2.45. The summed E-state index contributed by atoms with van der Waals surface area (Å²) in [6, 6.07) is -0.613. The zero-order chi connectivity index (χ0) is 30.1. The molecule has 0 spiro atoms. The van der Waals surface area contributed by atoms with Crippen molar-refractivity contribution < 1.29 is 15.0 Å². The topological polar surface area (TPSA) is 69.6 Å². The largest absolute Gasteiger partial charge is 0.394 e. The predicted octanol–water partition coefficient (Wildman–Crippen LogP) is 10.7. The Labute approximate surface area is 256 Å². The van der Waals surface area contributed by atoms with Crippen LogP contribution in [0.4, 0.5) is 0 Å². The lowest BCUT2D eigenvalue weighted by molar-refractivity contribution is -0.123. The van der Waals surface area contributed by atoms with E-state index in [1.165, 1.54) is 154 Å². The number of hydrogen-bond acceptors (Lipinski definition) is 3. The first-order valence-electron chi connectivity index (χ1n) is 18.4. The van der Waals surface area contributed by atoms with Gasteiger partial charge in [-0.2, -0.15) is 0 Å². The van der Waals surface area contributed by atoms with Crippen LogP contribution in [-0.2, 0) is 4.79 Å². The fourth-order valence-electron chi connectivity index (χ4n) is 5.65.